The van der Waals surface area contributed by atoms with E-state index in [0.717, 1.165) is 18.0 Å². The molecule has 6 heteroatoms. The Balaban J connectivity index is 1.99. The van der Waals surface area contributed by atoms with Crippen molar-refractivity contribution in [3.63, 3.8) is 0 Å². The Hall–Kier alpha value is -2.37. The zero-order valence-electron chi connectivity index (χ0n) is 13.5. The third-order valence-electron chi connectivity index (χ3n) is 2.73. The summed E-state index contributed by atoms with van der Waals surface area (Å²) in [5.74, 6) is 2.55. The van der Waals surface area contributed by atoms with Gasteiger partial charge in [0.25, 0.3) is 0 Å². The Morgan fingerprint density at radius 2 is 1.82 bits per heavy atom. The van der Waals surface area contributed by atoms with Crippen LogP contribution in [0.1, 0.15) is 27.7 Å². The van der Waals surface area contributed by atoms with Gasteiger partial charge in [-0.05, 0) is 44.0 Å². The first kappa shape index (κ1) is 16.0. The van der Waals surface area contributed by atoms with E-state index in [1.165, 1.54) is 0 Å². The molecule has 0 bridgehead atoms. The maximum absolute atomic E-state index is 5.62. The molecule has 1 aromatic carbocycles. The van der Waals surface area contributed by atoms with Crippen molar-refractivity contribution >= 4 is 17.5 Å². The highest BCUT2D eigenvalue weighted by atomic mass is 16.5. The minimum Gasteiger partial charge on any atom is -0.491 e. The Bertz CT molecular complexity index is 583. The normalized spacial score (nSPS) is 10.8. The van der Waals surface area contributed by atoms with Gasteiger partial charge in [0.2, 0.25) is 5.95 Å². The highest BCUT2D eigenvalue weighted by Crippen LogP contribution is 2.19. The molecular weight excluding hydrogens is 278 g/mol. The lowest BCUT2D eigenvalue weighted by molar-refractivity contribution is 0.242. The molecule has 1 heterocycles. The van der Waals surface area contributed by atoms with Gasteiger partial charge in [0, 0.05) is 12.2 Å². The monoisotopic (exact) mass is 301 g/mol. The number of benzene rings is 1. The molecule has 22 heavy (non-hydrogen) atoms. The molecule has 118 valence electrons. The van der Waals surface area contributed by atoms with E-state index < -0.39 is 0 Å². The lowest BCUT2D eigenvalue weighted by Gasteiger charge is -2.11. The Labute approximate surface area is 131 Å². The first-order valence-corrected chi connectivity index (χ1v) is 7.50. The molecule has 1 aromatic heterocycles. The van der Waals surface area contributed by atoms with Gasteiger partial charge in [-0.2, -0.15) is 10.1 Å². The van der Waals surface area contributed by atoms with Gasteiger partial charge >= 0.3 is 0 Å². The zero-order chi connectivity index (χ0) is 15.9. The highest BCUT2D eigenvalue weighted by Gasteiger charge is 2.03. The van der Waals surface area contributed by atoms with Gasteiger partial charge in [0.1, 0.15) is 5.75 Å². The van der Waals surface area contributed by atoms with E-state index in [4.69, 9.17) is 4.74 Å². The predicted octanol–water partition coefficient (Wildman–Crippen LogP) is 3.47. The van der Waals surface area contributed by atoms with E-state index >= 15 is 0 Å². The van der Waals surface area contributed by atoms with Crippen molar-refractivity contribution in [1.29, 1.82) is 0 Å². The molecule has 0 amide bonds. The molecule has 0 radical (unpaired) electrons. The Kier molecular flexibility index (Phi) is 5.52. The third kappa shape index (κ3) is 5.20. The largest absolute Gasteiger partial charge is 0.491 e. The number of nitrogens with zero attached hydrogens (tertiary/aromatic N) is 3. The zero-order valence-corrected chi connectivity index (χ0v) is 13.5. The minimum absolute atomic E-state index is 0.166. The van der Waals surface area contributed by atoms with Crippen molar-refractivity contribution in [3.05, 3.63) is 30.5 Å². The quantitative estimate of drug-likeness (QED) is 0.816. The summed E-state index contributed by atoms with van der Waals surface area (Å²) in [6.07, 6.45) is 1.76. The SMILES string of the molecule is CC(C)CNc1nncc(Nc2ccc(OC(C)C)cc2)n1. The lowest BCUT2D eigenvalue weighted by atomic mass is 10.2. The van der Waals surface area contributed by atoms with Crippen LogP contribution in [-0.4, -0.2) is 27.8 Å². The molecule has 0 spiro atoms. The van der Waals surface area contributed by atoms with E-state index in [9.17, 15) is 0 Å². The fourth-order valence-electron chi connectivity index (χ4n) is 1.77. The number of aromatic nitrogens is 3. The van der Waals surface area contributed by atoms with E-state index in [1.54, 1.807) is 6.20 Å². The molecule has 0 fully saturated rings. The minimum atomic E-state index is 0.166. The number of rotatable bonds is 7. The lowest BCUT2D eigenvalue weighted by Crippen LogP contribution is -2.11. The third-order valence-corrected chi connectivity index (χ3v) is 2.73. The molecule has 2 N–H and O–H groups in total. The summed E-state index contributed by atoms with van der Waals surface area (Å²) in [6.45, 7) is 9.08. The average Bonchev–Trinajstić information content (AvgIpc) is 2.47. The van der Waals surface area contributed by atoms with Gasteiger partial charge in [-0.15, -0.1) is 5.10 Å². The molecule has 0 aliphatic rings. The summed E-state index contributed by atoms with van der Waals surface area (Å²) in [6, 6.07) is 7.74. The maximum Gasteiger partial charge on any atom is 0.244 e. The van der Waals surface area contributed by atoms with Crippen LogP contribution in [0, 0.1) is 5.92 Å². The fraction of sp³-hybridized carbons (Fsp3) is 0.438. The number of ether oxygens (including phenoxy) is 1. The summed E-state index contributed by atoms with van der Waals surface area (Å²) >= 11 is 0. The topological polar surface area (TPSA) is 72.0 Å². The van der Waals surface area contributed by atoms with Crippen LogP contribution in [0.15, 0.2) is 30.5 Å². The van der Waals surface area contributed by atoms with Gasteiger partial charge in [0.05, 0.1) is 12.3 Å². The van der Waals surface area contributed by atoms with E-state index in [-0.39, 0.29) is 6.10 Å². The molecule has 0 aliphatic carbocycles. The second-order valence-corrected chi connectivity index (χ2v) is 5.76. The van der Waals surface area contributed by atoms with Crippen molar-refractivity contribution < 1.29 is 4.74 Å². The van der Waals surface area contributed by atoms with E-state index in [1.807, 2.05) is 38.1 Å². The van der Waals surface area contributed by atoms with Crippen molar-refractivity contribution in [1.82, 2.24) is 15.2 Å². The first-order valence-electron chi connectivity index (χ1n) is 7.50. The molecule has 0 unspecified atom stereocenters. The number of hydrogen-bond donors (Lipinski definition) is 2. The molecule has 0 saturated heterocycles. The molecule has 0 atom stereocenters. The summed E-state index contributed by atoms with van der Waals surface area (Å²) in [4.78, 5) is 4.38. The summed E-state index contributed by atoms with van der Waals surface area (Å²) in [5.41, 5.74) is 0.923. The van der Waals surface area contributed by atoms with Crippen LogP contribution in [0.4, 0.5) is 17.5 Å². The average molecular weight is 301 g/mol. The molecular formula is C16H23N5O. The maximum atomic E-state index is 5.62. The van der Waals surface area contributed by atoms with Gasteiger partial charge in [-0.1, -0.05) is 13.8 Å². The molecule has 0 aliphatic heterocycles. The smallest absolute Gasteiger partial charge is 0.244 e. The molecule has 2 aromatic rings. The van der Waals surface area contributed by atoms with Crippen molar-refractivity contribution in [2.45, 2.75) is 33.8 Å². The predicted molar refractivity (Wildman–Crippen MR) is 88.6 cm³/mol. The first-order chi connectivity index (χ1) is 10.5. The Morgan fingerprint density at radius 1 is 1.09 bits per heavy atom. The standard InChI is InChI=1S/C16H23N5O/c1-11(2)9-17-16-20-15(10-18-21-16)19-13-5-7-14(8-6-13)22-12(3)4/h5-8,10-12H,9H2,1-4H3,(H2,17,19,20,21). The van der Waals surface area contributed by atoms with E-state index in [2.05, 4.69) is 39.7 Å². The van der Waals surface area contributed by atoms with Gasteiger partial charge in [-0.25, -0.2) is 0 Å². The van der Waals surface area contributed by atoms with E-state index in [0.29, 0.717) is 17.7 Å². The Morgan fingerprint density at radius 3 is 2.45 bits per heavy atom. The summed E-state index contributed by atoms with van der Waals surface area (Å²) in [5, 5.41) is 14.3. The van der Waals surface area contributed by atoms with Crippen LogP contribution < -0.4 is 15.4 Å². The van der Waals surface area contributed by atoms with Crippen molar-refractivity contribution in [2.24, 2.45) is 5.92 Å². The molecule has 6 nitrogen and oxygen atoms in total. The molecule has 2 rings (SSSR count). The van der Waals surface area contributed by atoms with Crippen LogP contribution in [0.5, 0.6) is 5.75 Å². The van der Waals surface area contributed by atoms with Gasteiger partial charge in [0.15, 0.2) is 5.82 Å². The number of hydrogen-bond acceptors (Lipinski definition) is 6. The second kappa shape index (κ2) is 7.59. The summed E-state index contributed by atoms with van der Waals surface area (Å²) < 4.78 is 5.62. The van der Waals surface area contributed by atoms with Crippen LogP contribution in [0.2, 0.25) is 0 Å². The van der Waals surface area contributed by atoms with Crippen molar-refractivity contribution in [2.75, 3.05) is 17.2 Å². The molecule has 0 saturated carbocycles. The fourth-order valence-corrected chi connectivity index (χ4v) is 1.77. The van der Waals surface area contributed by atoms with Crippen LogP contribution in [0.3, 0.4) is 0 Å². The van der Waals surface area contributed by atoms with Crippen molar-refractivity contribution in [3.8, 4) is 5.75 Å². The summed E-state index contributed by atoms with van der Waals surface area (Å²) in [7, 11) is 0. The van der Waals surface area contributed by atoms with Crippen LogP contribution in [-0.2, 0) is 0 Å². The number of anilines is 3. The second-order valence-electron chi connectivity index (χ2n) is 5.76. The van der Waals surface area contributed by atoms with Crippen LogP contribution >= 0.6 is 0 Å². The van der Waals surface area contributed by atoms with Crippen LogP contribution in [0.25, 0.3) is 0 Å². The highest BCUT2D eigenvalue weighted by molar-refractivity contribution is 5.57. The van der Waals surface area contributed by atoms with Gasteiger partial charge in [-0.3, -0.25) is 0 Å². The number of nitrogens with one attached hydrogen (secondary N) is 2. The van der Waals surface area contributed by atoms with Gasteiger partial charge < -0.3 is 15.4 Å².